The molecule has 1 radical (unpaired) electrons. The van der Waals surface area contributed by atoms with E-state index in [-0.39, 0.29) is 22.6 Å². The van der Waals surface area contributed by atoms with Crippen molar-refractivity contribution < 1.29 is 21.6 Å². The molecule has 6 rings (SSSR count). The molecular formula is C28H21CoN4O-. The van der Waals surface area contributed by atoms with Crippen molar-refractivity contribution in [3.8, 4) is 0 Å². The number of carbonyl (C=O) groups excluding carboxylic acids is 1. The molecule has 1 aromatic carbocycles. The van der Waals surface area contributed by atoms with Crippen LogP contribution in [-0.4, -0.2) is 25.7 Å². The molecule has 2 N–H and O–H groups in total. The molecule has 0 fully saturated rings. The fourth-order valence-electron chi connectivity index (χ4n) is 3.56. The van der Waals surface area contributed by atoms with Crippen LogP contribution in [0.4, 0.5) is 0 Å². The number of H-pyrrole nitrogens is 2. The first-order valence-corrected chi connectivity index (χ1v) is 10.6. The Balaban J connectivity index is 0.000000234. The van der Waals surface area contributed by atoms with Gasteiger partial charge in [0.15, 0.2) is 0 Å². The van der Waals surface area contributed by atoms with Gasteiger partial charge in [-0.1, -0.05) is 0 Å². The van der Waals surface area contributed by atoms with Crippen molar-refractivity contribution in [1.29, 1.82) is 0 Å². The van der Waals surface area contributed by atoms with Gasteiger partial charge in [0.25, 0.3) is 0 Å². The summed E-state index contributed by atoms with van der Waals surface area (Å²) in [5, 5.41) is 0. The van der Waals surface area contributed by atoms with E-state index >= 15 is 0 Å². The van der Waals surface area contributed by atoms with Gasteiger partial charge in [-0.05, 0) is 79.8 Å². The van der Waals surface area contributed by atoms with Crippen LogP contribution in [0, 0.1) is 6.07 Å². The zero-order chi connectivity index (χ0) is 22.6. The van der Waals surface area contributed by atoms with Crippen molar-refractivity contribution in [2.45, 2.75) is 6.92 Å². The molecule has 0 saturated carbocycles. The minimum atomic E-state index is 0. The second-order valence-electron chi connectivity index (χ2n) is 7.74. The van der Waals surface area contributed by atoms with Gasteiger partial charge in [-0.3, -0.25) is 0 Å². The molecular weight excluding hydrogens is 467 g/mol. The number of Topliss-reactive ketones (excluding diaryl/α,β-unsaturated/α-hetero) is 1. The molecule has 3 aromatic heterocycles. The molecule has 0 unspecified atom stereocenters. The molecule has 0 aliphatic carbocycles. The number of benzene rings is 1. The first-order chi connectivity index (χ1) is 16.1. The van der Waals surface area contributed by atoms with Crippen LogP contribution in [0.1, 0.15) is 40.1 Å². The van der Waals surface area contributed by atoms with Crippen LogP contribution < -0.4 is 0 Å². The minimum Gasteiger partial charge on any atom is -0.355 e. The topological polar surface area (TPSA) is 74.4 Å². The molecule has 8 bridgehead atoms. The Morgan fingerprint density at radius 3 is 1.56 bits per heavy atom. The normalized spacial score (nSPS) is 11.3. The molecule has 2 aliphatic rings. The Morgan fingerprint density at radius 1 is 0.676 bits per heavy atom. The van der Waals surface area contributed by atoms with Gasteiger partial charge < -0.3 is 14.8 Å². The third kappa shape index (κ3) is 5.67. The van der Waals surface area contributed by atoms with E-state index in [0.29, 0.717) is 5.56 Å². The minimum absolute atomic E-state index is 0. The van der Waals surface area contributed by atoms with Gasteiger partial charge in [-0.15, -0.1) is 35.9 Å². The molecule has 6 heteroatoms. The van der Waals surface area contributed by atoms with E-state index in [1.807, 2.05) is 54.6 Å². The van der Waals surface area contributed by atoms with Gasteiger partial charge in [-0.2, -0.15) is 0 Å². The van der Waals surface area contributed by atoms with Crippen molar-refractivity contribution in [3.05, 3.63) is 107 Å². The number of rotatable bonds is 1. The fourth-order valence-corrected chi connectivity index (χ4v) is 3.56. The van der Waals surface area contributed by atoms with E-state index in [9.17, 15) is 4.79 Å². The quantitative estimate of drug-likeness (QED) is 0.209. The number of hydrogen-bond donors (Lipinski definition) is 2. The van der Waals surface area contributed by atoms with Crippen LogP contribution in [0.5, 0.6) is 0 Å². The first kappa shape index (κ1) is 23.2. The van der Waals surface area contributed by atoms with Crippen molar-refractivity contribution >= 4 is 52.2 Å². The molecule has 0 atom stereocenters. The Labute approximate surface area is 207 Å². The number of aromatic nitrogens is 4. The number of ketones is 1. The Hall–Kier alpha value is -4.00. The van der Waals surface area contributed by atoms with Crippen LogP contribution in [0.3, 0.4) is 0 Å². The van der Waals surface area contributed by atoms with E-state index in [2.05, 4.69) is 56.3 Å². The van der Waals surface area contributed by atoms with Crippen LogP contribution in [0.2, 0.25) is 0 Å². The molecule has 0 saturated heterocycles. The maximum Gasteiger partial charge on any atom is 0.0755 e. The maximum absolute atomic E-state index is 10.6. The second-order valence-corrected chi connectivity index (χ2v) is 7.74. The number of fused-ring (bicyclic) bond motifs is 8. The molecule has 5 heterocycles. The molecule has 4 aromatic rings. The third-order valence-corrected chi connectivity index (χ3v) is 5.13. The third-order valence-electron chi connectivity index (χ3n) is 5.13. The number of nitrogens with one attached hydrogen (secondary N) is 2. The smallest absolute Gasteiger partial charge is 0.0755 e. The van der Waals surface area contributed by atoms with Gasteiger partial charge in [-0.25, -0.2) is 9.97 Å². The van der Waals surface area contributed by atoms with Crippen molar-refractivity contribution in [2.24, 2.45) is 0 Å². The summed E-state index contributed by atoms with van der Waals surface area (Å²) in [6, 6.07) is 26.4. The van der Waals surface area contributed by atoms with Gasteiger partial charge in [0.2, 0.25) is 0 Å². The second kappa shape index (κ2) is 10.3. The van der Waals surface area contributed by atoms with E-state index in [1.165, 1.54) is 6.92 Å². The number of carbonyl (C=O) groups is 1. The summed E-state index contributed by atoms with van der Waals surface area (Å²) < 4.78 is 0. The SMILES string of the molecule is C1=Cc2cc3ccc(cc4ccc(cc5nc(cc1n2)C=C5)[nH]4)[nH]3.CC(=O)c1[c-]cccc1.[Co]. The summed E-state index contributed by atoms with van der Waals surface area (Å²) >= 11 is 0. The summed E-state index contributed by atoms with van der Waals surface area (Å²) in [5.74, 6) is 0.0654. The summed E-state index contributed by atoms with van der Waals surface area (Å²) in [5.41, 5.74) is 8.51. The zero-order valence-electron chi connectivity index (χ0n) is 18.4. The fraction of sp³-hybridized carbons (Fsp3) is 0.0357. The van der Waals surface area contributed by atoms with E-state index in [1.54, 1.807) is 12.1 Å². The summed E-state index contributed by atoms with van der Waals surface area (Å²) in [6.45, 7) is 1.53. The van der Waals surface area contributed by atoms with Crippen molar-refractivity contribution in [3.63, 3.8) is 0 Å². The number of aromatic amines is 2. The van der Waals surface area contributed by atoms with Crippen LogP contribution in [0.15, 0.2) is 72.8 Å². The predicted octanol–water partition coefficient (Wildman–Crippen LogP) is 6.34. The summed E-state index contributed by atoms with van der Waals surface area (Å²) in [4.78, 5) is 26.6. The Bertz CT molecular complexity index is 1460. The molecule has 169 valence electrons. The summed E-state index contributed by atoms with van der Waals surface area (Å²) in [7, 11) is 0. The van der Waals surface area contributed by atoms with Gasteiger partial charge >= 0.3 is 0 Å². The van der Waals surface area contributed by atoms with Crippen LogP contribution in [0.25, 0.3) is 46.4 Å². The summed E-state index contributed by atoms with van der Waals surface area (Å²) in [6.07, 6.45) is 8.05. The van der Waals surface area contributed by atoms with E-state index in [4.69, 9.17) is 0 Å². The average molecular weight is 488 g/mol. The number of nitrogens with zero attached hydrogens (tertiary/aromatic N) is 2. The molecule has 0 amide bonds. The molecule has 0 spiro atoms. The van der Waals surface area contributed by atoms with Gasteiger partial charge in [0.1, 0.15) is 0 Å². The monoisotopic (exact) mass is 488 g/mol. The average Bonchev–Trinajstić information content (AvgIpc) is 3.61. The number of hydrogen-bond acceptors (Lipinski definition) is 3. The Morgan fingerprint density at radius 2 is 1.15 bits per heavy atom. The first-order valence-electron chi connectivity index (χ1n) is 10.6. The predicted molar refractivity (Wildman–Crippen MR) is 134 cm³/mol. The van der Waals surface area contributed by atoms with Crippen LogP contribution >= 0.6 is 0 Å². The molecule has 34 heavy (non-hydrogen) atoms. The Kier molecular flexibility index (Phi) is 7.01. The zero-order valence-corrected chi connectivity index (χ0v) is 19.4. The van der Waals surface area contributed by atoms with Crippen molar-refractivity contribution in [1.82, 2.24) is 19.9 Å². The largest absolute Gasteiger partial charge is 0.355 e. The van der Waals surface area contributed by atoms with Crippen molar-refractivity contribution in [2.75, 3.05) is 0 Å². The standard InChI is InChI=1S/C20H14N4.C8H7O.Co/c1-2-14-10-16-5-6-18(23-16)12-20-8-7-19(24-20)11-17-4-3-15(22-17)9-13(1)21-14;1-7(9)8-5-3-2-4-6-8;/h1-12,21-22H;2-5H,1H3;/q;-1;. The molecule has 5 nitrogen and oxygen atoms in total. The van der Waals surface area contributed by atoms with E-state index < -0.39 is 0 Å². The van der Waals surface area contributed by atoms with Gasteiger partial charge in [0.05, 0.1) is 28.6 Å². The maximum atomic E-state index is 10.6. The van der Waals surface area contributed by atoms with Crippen LogP contribution in [-0.2, 0) is 16.8 Å². The van der Waals surface area contributed by atoms with Gasteiger partial charge in [0, 0.05) is 38.8 Å². The molecule has 2 aliphatic heterocycles. The van der Waals surface area contributed by atoms with E-state index in [0.717, 1.165) is 44.8 Å².